The maximum Gasteiger partial charge on any atom is 0.234 e. The van der Waals surface area contributed by atoms with Crippen LogP contribution in [0.4, 0.5) is 14.5 Å². The van der Waals surface area contributed by atoms with Crippen LogP contribution in [0.15, 0.2) is 16.6 Å². The van der Waals surface area contributed by atoms with Gasteiger partial charge in [-0.3, -0.25) is 4.79 Å². The Morgan fingerprint density at radius 2 is 2.07 bits per heavy atom. The number of amides is 1. The molecule has 76 valence electrons. The second kappa shape index (κ2) is 4.75. The number of benzene rings is 1. The van der Waals surface area contributed by atoms with E-state index in [0.717, 1.165) is 12.1 Å². The van der Waals surface area contributed by atoms with Crippen LogP contribution in [0.3, 0.4) is 0 Å². The van der Waals surface area contributed by atoms with Gasteiger partial charge in [0.05, 0.1) is 15.9 Å². The zero-order valence-corrected chi connectivity index (χ0v) is 9.33. The molecule has 14 heavy (non-hydrogen) atoms. The minimum atomic E-state index is -0.701. The van der Waals surface area contributed by atoms with Gasteiger partial charge < -0.3 is 5.32 Å². The average molecular weight is 282 g/mol. The fourth-order valence-corrected chi connectivity index (χ4v) is 1.20. The lowest BCUT2D eigenvalue weighted by molar-refractivity contribution is -0.113. The summed E-state index contributed by atoms with van der Waals surface area (Å²) in [5.74, 6) is -1.92. The third kappa shape index (κ3) is 2.68. The van der Waals surface area contributed by atoms with Crippen molar-refractivity contribution in [2.24, 2.45) is 0 Å². The molecule has 1 aromatic rings. The Kier molecular flexibility index (Phi) is 3.88. The minimum absolute atomic E-state index is 0.0128. The first-order chi connectivity index (χ1) is 6.54. The van der Waals surface area contributed by atoms with Crippen LogP contribution in [0.5, 0.6) is 0 Å². The van der Waals surface area contributed by atoms with Crippen molar-refractivity contribution in [3.63, 3.8) is 0 Å². The highest BCUT2D eigenvalue weighted by Crippen LogP contribution is 2.23. The molecule has 1 rings (SSSR count). The first-order valence-electron chi connectivity index (χ1n) is 3.60. The summed E-state index contributed by atoms with van der Waals surface area (Å²) in [6, 6.07) is 1.85. The summed E-state index contributed by atoms with van der Waals surface area (Å²) in [7, 11) is 0. The molecule has 0 saturated heterocycles. The molecular weight excluding hydrogens is 276 g/mol. The monoisotopic (exact) mass is 281 g/mol. The van der Waals surface area contributed by atoms with E-state index in [1.807, 2.05) is 0 Å². The zero-order valence-electron chi connectivity index (χ0n) is 6.85. The molecule has 1 amide bonds. The maximum atomic E-state index is 13.1. The molecule has 0 heterocycles. The largest absolute Gasteiger partial charge is 0.323 e. The number of anilines is 1. The summed E-state index contributed by atoms with van der Waals surface area (Å²) in [6.07, 6.45) is 0. The summed E-state index contributed by atoms with van der Waals surface area (Å²) in [5, 5.41) is 2.18. The molecular formula is C8H6BrF2NOS. The predicted molar refractivity (Wildman–Crippen MR) is 56.5 cm³/mol. The lowest BCUT2D eigenvalue weighted by atomic mass is 10.3. The third-order valence-electron chi connectivity index (χ3n) is 1.43. The van der Waals surface area contributed by atoms with Crippen LogP contribution in [0.2, 0.25) is 0 Å². The van der Waals surface area contributed by atoms with E-state index >= 15 is 0 Å². The molecule has 0 aromatic heterocycles. The van der Waals surface area contributed by atoms with E-state index in [9.17, 15) is 13.6 Å². The zero-order chi connectivity index (χ0) is 10.7. The minimum Gasteiger partial charge on any atom is -0.323 e. The fourth-order valence-electron chi connectivity index (χ4n) is 0.808. The third-order valence-corrected chi connectivity index (χ3v) is 2.32. The maximum absolute atomic E-state index is 13.1. The van der Waals surface area contributed by atoms with Crippen molar-refractivity contribution in [2.45, 2.75) is 0 Å². The Morgan fingerprint density at radius 3 is 2.64 bits per heavy atom. The van der Waals surface area contributed by atoms with E-state index in [-0.39, 0.29) is 15.9 Å². The number of halogens is 3. The number of thiol groups is 1. The van der Waals surface area contributed by atoms with Gasteiger partial charge in [0.2, 0.25) is 5.91 Å². The van der Waals surface area contributed by atoms with Gasteiger partial charge in [-0.1, -0.05) is 0 Å². The Morgan fingerprint density at radius 1 is 1.43 bits per heavy atom. The van der Waals surface area contributed by atoms with Gasteiger partial charge in [0.15, 0.2) is 0 Å². The quantitative estimate of drug-likeness (QED) is 0.633. The van der Waals surface area contributed by atoms with E-state index in [1.54, 1.807) is 0 Å². The number of rotatable bonds is 2. The van der Waals surface area contributed by atoms with Crippen molar-refractivity contribution >= 4 is 40.2 Å². The normalized spacial score (nSPS) is 10.0. The van der Waals surface area contributed by atoms with Gasteiger partial charge >= 0.3 is 0 Å². The van der Waals surface area contributed by atoms with Crippen molar-refractivity contribution in [1.29, 1.82) is 0 Å². The summed E-state index contributed by atoms with van der Waals surface area (Å²) in [5.41, 5.74) is -0.190. The van der Waals surface area contributed by atoms with Gasteiger partial charge in [-0.2, -0.15) is 12.6 Å². The van der Waals surface area contributed by atoms with Crippen LogP contribution in [-0.2, 0) is 4.79 Å². The van der Waals surface area contributed by atoms with Crippen molar-refractivity contribution < 1.29 is 13.6 Å². The molecule has 1 N–H and O–H groups in total. The lowest BCUT2D eigenvalue weighted by Crippen LogP contribution is -2.14. The van der Waals surface area contributed by atoms with Crippen molar-refractivity contribution in [1.82, 2.24) is 0 Å². The summed E-state index contributed by atoms with van der Waals surface area (Å²) >= 11 is 6.51. The molecule has 0 atom stereocenters. The number of hydrogen-bond donors (Lipinski definition) is 2. The highest BCUT2D eigenvalue weighted by molar-refractivity contribution is 9.10. The van der Waals surface area contributed by atoms with Gasteiger partial charge in [-0.15, -0.1) is 0 Å². The van der Waals surface area contributed by atoms with E-state index in [1.165, 1.54) is 0 Å². The van der Waals surface area contributed by atoms with E-state index < -0.39 is 17.5 Å². The molecule has 1 aromatic carbocycles. The number of carbonyl (C=O) groups is 1. The number of hydrogen-bond acceptors (Lipinski definition) is 2. The van der Waals surface area contributed by atoms with Gasteiger partial charge in [0.1, 0.15) is 11.6 Å². The van der Waals surface area contributed by atoms with Gasteiger partial charge in [0, 0.05) is 6.07 Å². The highest BCUT2D eigenvalue weighted by Gasteiger charge is 2.09. The van der Waals surface area contributed by atoms with Crippen LogP contribution in [-0.4, -0.2) is 11.7 Å². The van der Waals surface area contributed by atoms with E-state index in [2.05, 4.69) is 33.9 Å². The van der Waals surface area contributed by atoms with Gasteiger partial charge in [0.25, 0.3) is 0 Å². The summed E-state index contributed by atoms with van der Waals surface area (Å²) in [6.45, 7) is 0. The molecule has 0 saturated carbocycles. The Balaban J connectivity index is 2.98. The topological polar surface area (TPSA) is 29.1 Å². The Hall–Kier alpha value is -0.620. The van der Waals surface area contributed by atoms with E-state index in [0.29, 0.717) is 0 Å². The Labute approximate surface area is 93.2 Å². The van der Waals surface area contributed by atoms with Crippen molar-refractivity contribution in [3.05, 3.63) is 28.2 Å². The standard InChI is InChI=1S/C8H6BrF2NOS/c9-4-1-6(11)7(2-5(4)10)12-8(13)3-14/h1-2,14H,3H2,(H,12,13). The van der Waals surface area contributed by atoms with Crippen molar-refractivity contribution in [3.8, 4) is 0 Å². The molecule has 0 spiro atoms. The summed E-state index contributed by atoms with van der Waals surface area (Å²) in [4.78, 5) is 10.8. The molecule has 0 aliphatic heterocycles. The molecule has 0 aliphatic carbocycles. The number of carbonyl (C=O) groups excluding carboxylic acids is 1. The van der Waals surface area contributed by atoms with Gasteiger partial charge in [-0.05, 0) is 22.0 Å². The number of nitrogens with one attached hydrogen (secondary N) is 1. The predicted octanol–water partition coefficient (Wildman–Crippen LogP) is 2.60. The molecule has 0 bridgehead atoms. The molecule has 0 radical (unpaired) electrons. The van der Waals surface area contributed by atoms with Crippen LogP contribution in [0.1, 0.15) is 0 Å². The molecule has 0 unspecified atom stereocenters. The Bertz CT molecular complexity index is 373. The SMILES string of the molecule is O=C(CS)Nc1cc(F)c(Br)cc1F. The van der Waals surface area contributed by atoms with Gasteiger partial charge in [-0.25, -0.2) is 8.78 Å². The second-order valence-electron chi connectivity index (χ2n) is 2.45. The van der Waals surface area contributed by atoms with Crippen LogP contribution >= 0.6 is 28.6 Å². The highest BCUT2D eigenvalue weighted by atomic mass is 79.9. The van der Waals surface area contributed by atoms with Crippen LogP contribution in [0.25, 0.3) is 0 Å². The van der Waals surface area contributed by atoms with Crippen molar-refractivity contribution in [2.75, 3.05) is 11.1 Å². The average Bonchev–Trinajstić information content (AvgIpc) is 2.14. The molecule has 2 nitrogen and oxygen atoms in total. The van der Waals surface area contributed by atoms with Crippen LogP contribution < -0.4 is 5.32 Å². The molecule has 0 fully saturated rings. The van der Waals surface area contributed by atoms with Crippen LogP contribution in [0, 0.1) is 11.6 Å². The smallest absolute Gasteiger partial charge is 0.234 e. The molecule has 0 aliphatic rings. The molecule has 6 heteroatoms. The first kappa shape index (κ1) is 11.5. The first-order valence-corrected chi connectivity index (χ1v) is 5.02. The second-order valence-corrected chi connectivity index (χ2v) is 3.62. The summed E-state index contributed by atoms with van der Waals surface area (Å²) < 4.78 is 26.0. The van der Waals surface area contributed by atoms with E-state index in [4.69, 9.17) is 0 Å². The fraction of sp³-hybridized carbons (Fsp3) is 0.125. The lowest BCUT2D eigenvalue weighted by Gasteiger charge is -2.05.